The van der Waals surface area contributed by atoms with Gasteiger partial charge in [0.05, 0.1) is 23.1 Å². The van der Waals surface area contributed by atoms with E-state index in [4.69, 9.17) is 4.98 Å². The number of amides is 1. The summed E-state index contributed by atoms with van der Waals surface area (Å²) in [6.45, 7) is 1.11. The lowest BCUT2D eigenvalue weighted by atomic mass is 10.2. The minimum Gasteiger partial charge on any atom is -0.321 e. The standard InChI is InChI=1S/C22H22N6O/c1-26-12-2-4-20(26)19-15-27-14-17(7-10-21(27)25-19)24-22(29)16-5-8-18(9-6-16)28-13-3-11-23-28/h3,5-11,13-15,20H,2,4,12H2,1H3,(H,24,29). The molecule has 1 amide bonds. The molecule has 0 bridgehead atoms. The Labute approximate surface area is 168 Å². The number of nitrogens with one attached hydrogen (secondary N) is 1. The van der Waals surface area contributed by atoms with E-state index in [0.29, 0.717) is 11.6 Å². The SMILES string of the molecule is CN1CCCC1c1cn2cc(NC(=O)c3ccc(-n4cccn4)cc3)ccc2n1. The number of imidazole rings is 1. The van der Waals surface area contributed by atoms with Crippen LogP contribution in [0.25, 0.3) is 11.3 Å². The zero-order chi connectivity index (χ0) is 19.8. The van der Waals surface area contributed by atoms with Crippen molar-refractivity contribution in [2.45, 2.75) is 18.9 Å². The van der Waals surface area contributed by atoms with Crippen LogP contribution in [0.2, 0.25) is 0 Å². The molecule has 29 heavy (non-hydrogen) atoms. The summed E-state index contributed by atoms with van der Waals surface area (Å²) in [6, 6.07) is 13.4. The molecule has 1 unspecified atom stereocenters. The minimum atomic E-state index is -0.146. The van der Waals surface area contributed by atoms with Crippen molar-refractivity contribution in [2.24, 2.45) is 0 Å². The molecule has 4 heterocycles. The van der Waals surface area contributed by atoms with E-state index in [9.17, 15) is 4.79 Å². The molecule has 1 aliphatic rings. The number of rotatable bonds is 4. The normalized spacial score (nSPS) is 17.1. The summed E-state index contributed by atoms with van der Waals surface area (Å²) in [5.41, 5.74) is 4.22. The van der Waals surface area contributed by atoms with Gasteiger partial charge in [0.2, 0.25) is 0 Å². The second-order valence-corrected chi connectivity index (χ2v) is 7.44. The molecule has 0 spiro atoms. The smallest absolute Gasteiger partial charge is 0.255 e. The molecule has 5 rings (SSSR count). The number of hydrogen-bond donors (Lipinski definition) is 1. The highest BCUT2D eigenvalue weighted by Gasteiger charge is 2.24. The molecule has 146 valence electrons. The van der Waals surface area contributed by atoms with Crippen molar-refractivity contribution < 1.29 is 4.79 Å². The molecule has 1 fully saturated rings. The van der Waals surface area contributed by atoms with Gasteiger partial charge in [-0.3, -0.25) is 9.69 Å². The predicted molar refractivity (Wildman–Crippen MR) is 111 cm³/mol. The molecule has 1 N–H and O–H groups in total. The molecule has 1 saturated heterocycles. The van der Waals surface area contributed by atoms with Crippen LogP contribution in [0.5, 0.6) is 0 Å². The van der Waals surface area contributed by atoms with Gasteiger partial charge in [-0.25, -0.2) is 9.67 Å². The number of hydrogen-bond acceptors (Lipinski definition) is 4. The van der Waals surface area contributed by atoms with Crippen molar-refractivity contribution >= 4 is 17.2 Å². The summed E-state index contributed by atoms with van der Waals surface area (Å²) in [4.78, 5) is 19.7. The quantitative estimate of drug-likeness (QED) is 0.583. The number of aromatic nitrogens is 4. The average Bonchev–Trinajstić information content (AvgIpc) is 3.48. The summed E-state index contributed by atoms with van der Waals surface area (Å²) in [6.07, 6.45) is 9.91. The Morgan fingerprint density at radius 3 is 2.72 bits per heavy atom. The molecule has 7 heteroatoms. The molecule has 0 saturated carbocycles. The Hall–Kier alpha value is -3.45. The number of anilines is 1. The fraction of sp³-hybridized carbons (Fsp3) is 0.227. The number of nitrogens with zero attached hydrogens (tertiary/aromatic N) is 5. The van der Waals surface area contributed by atoms with E-state index in [1.54, 1.807) is 23.0 Å². The Kier molecular flexibility index (Phi) is 4.37. The summed E-state index contributed by atoms with van der Waals surface area (Å²) in [5, 5.41) is 7.17. The summed E-state index contributed by atoms with van der Waals surface area (Å²) in [7, 11) is 2.14. The molecule has 1 atom stereocenters. The van der Waals surface area contributed by atoms with Gasteiger partial charge < -0.3 is 9.72 Å². The van der Waals surface area contributed by atoms with E-state index < -0.39 is 0 Å². The molecule has 1 aliphatic heterocycles. The maximum atomic E-state index is 12.6. The molecule has 0 radical (unpaired) electrons. The van der Waals surface area contributed by atoms with E-state index in [1.165, 1.54) is 6.42 Å². The highest BCUT2D eigenvalue weighted by atomic mass is 16.1. The number of carbonyl (C=O) groups excluding carboxylic acids is 1. The van der Waals surface area contributed by atoms with Crippen LogP contribution >= 0.6 is 0 Å². The number of fused-ring (bicyclic) bond motifs is 1. The lowest BCUT2D eigenvalue weighted by Crippen LogP contribution is -2.17. The van der Waals surface area contributed by atoms with Gasteiger partial charge in [0.25, 0.3) is 5.91 Å². The third-order valence-corrected chi connectivity index (χ3v) is 5.49. The first-order valence-corrected chi connectivity index (χ1v) is 9.78. The maximum absolute atomic E-state index is 12.6. The first kappa shape index (κ1) is 17.6. The van der Waals surface area contributed by atoms with Crippen LogP contribution in [0.4, 0.5) is 5.69 Å². The van der Waals surface area contributed by atoms with Crippen LogP contribution in [-0.4, -0.2) is 43.6 Å². The first-order valence-electron chi connectivity index (χ1n) is 9.78. The maximum Gasteiger partial charge on any atom is 0.255 e. The van der Waals surface area contributed by atoms with Gasteiger partial charge in [-0.1, -0.05) is 0 Å². The zero-order valence-corrected chi connectivity index (χ0v) is 16.2. The van der Waals surface area contributed by atoms with Crippen LogP contribution < -0.4 is 5.32 Å². The summed E-state index contributed by atoms with van der Waals surface area (Å²) >= 11 is 0. The fourth-order valence-corrected chi connectivity index (χ4v) is 3.92. The lowest BCUT2D eigenvalue weighted by Gasteiger charge is -2.16. The fourth-order valence-electron chi connectivity index (χ4n) is 3.92. The van der Waals surface area contributed by atoms with Crippen LogP contribution in [-0.2, 0) is 0 Å². The van der Waals surface area contributed by atoms with Gasteiger partial charge in [-0.2, -0.15) is 5.10 Å². The largest absolute Gasteiger partial charge is 0.321 e. The molecular formula is C22H22N6O. The molecular weight excluding hydrogens is 364 g/mol. The van der Waals surface area contributed by atoms with E-state index in [1.807, 2.05) is 47.1 Å². The Bertz CT molecular complexity index is 1150. The van der Waals surface area contributed by atoms with E-state index in [-0.39, 0.29) is 5.91 Å². The van der Waals surface area contributed by atoms with Gasteiger partial charge in [0.1, 0.15) is 5.65 Å². The number of carbonyl (C=O) groups is 1. The van der Waals surface area contributed by atoms with Crippen LogP contribution in [0.1, 0.15) is 34.9 Å². The van der Waals surface area contributed by atoms with Crippen molar-refractivity contribution in [1.82, 2.24) is 24.1 Å². The second kappa shape index (κ2) is 7.18. The Balaban J connectivity index is 1.33. The van der Waals surface area contributed by atoms with E-state index >= 15 is 0 Å². The Morgan fingerprint density at radius 2 is 2.00 bits per heavy atom. The monoisotopic (exact) mass is 386 g/mol. The third kappa shape index (κ3) is 3.40. The molecule has 1 aromatic carbocycles. The molecule has 0 aliphatic carbocycles. The van der Waals surface area contributed by atoms with Gasteiger partial charge >= 0.3 is 0 Å². The predicted octanol–water partition coefficient (Wildman–Crippen LogP) is 3.54. The van der Waals surface area contributed by atoms with Gasteiger partial charge in [0.15, 0.2) is 0 Å². The van der Waals surface area contributed by atoms with Gasteiger partial charge in [-0.05, 0) is 68.9 Å². The number of pyridine rings is 1. The lowest BCUT2D eigenvalue weighted by molar-refractivity contribution is 0.102. The van der Waals surface area contributed by atoms with Crippen molar-refractivity contribution in [3.63, 3.8) is 0 Å². The van der Waals surface area contributed by atoms with Gasteiger partial charge in [0, 0.05) is 30.4 Å². The van der Waals surface area contributed by atoms with Crippen molar-refractivity contribution in [3.8, 4) is 5.69 Å². The van der Waals surface area contributed by atoms with Crippen molar-refractivity contribution in [1.29, 1.82) is 0 Å². The van der Waals surface area contributed by atoms with Crippen molar-refractivity contribution in [2.75, 3.05) is 18.9 Å². The van der Waals surface area contributed by atoms with E-state index in [0.717, 1.165) is 35.7 Å². The molecule has 7 nitrogen and oxygen atoms in total. The van der Waals surface area contributed by atoms with Crippen LogP contribution in [0, 0.1) is 0 Å². The average molecular weight is 386 g/mol. The molecule has 4 aromatic rings. The first-order chi connectivity index (χ1) is 14.2. The Morgan fingerprint density at radius 1 is 1.14 bits per heavy atom. The summed E-state index contributed by atoms with van der Waals surface area (Å²) in [5.74, 6) is -0.146. The van der Waals surface area contributed by atoms with Crippen molar-refractivity contribution in [3.05, 3.63) is 78.5 Å². The topological polar surface area (TPSA) is 67.5 Å². The van der Waals surface area contributed by atoms with Gasteiger partial charge in [-0.15, -0.1) is 0 Å². The summed E-state index contributed by atoms with van der Waals surface area (Å²) < 4.78 is 3.74. The number of likely N-dealkylation sites (tertiary alicyclic amines) is 1. The number of benzene rings is 1. The third-order valence-electron chi connectivity index (χ3n) is 5.49. The highest BCUT2D eigenvalue weighted by molar-refractivity contribution is 6.04. The zero-order valence-electron chi connectivity index (χ0n) is 16.2. The second-order valence-electron chi connectivity index (χ2n) is 7.44. The van der Waals surface area contributed by atoms with Crippen LogP contribution in [0.15, 0.2) is 67.3 Å². The van der Waals surface area contributed by atoms with E-state index in [2.05, 4.69) is 28.6 Å². The highest BCUT2D eigenvalue weighted by Crippen LogP contribution is 2.30. The van der Waals surface area contributed by atoms with Crippen LogP contribution in [0.3, 0.4) is 0 Å². The molecule has 3 aromatic heterocycles. The minimum absolute atomic E-state index is 0.146.